The Kier molecular flexibility index (Phi) is 8.04. The van der Waals surface area contributed by atoms with Crippen LogP contribution >= 0.6 is 0 Å². The molecule has 0 unspecified atom stereocenters. The lowest BCUT2D eigenvalue weighted by atomic mass is 9.96. The second-order valence-corrected chi connectivity index (χ2v) is 11.5. The van der Waals surface area contributed by atoms with Crippen molar-refractivity contribution in [2.75, 3.05) is 11.8 Å². The SMILES string of the molecule is Cc1noc(NS(=O)(=O)c2ccccc2-c2ccc(-c3ncco3)cc2CN(C)C(=O)c2ccc(F)cc2C(F)(F)F)c1C. The number of amides is 1. The number of aromatic nitrogens is 2. The summed E-state index contributed by atoms with van der Waals surface area (Å²) in [5.41, 5.74) is 0.285. The van der Waals surface area contributed by atoms with Crippen molar-refractivity contribution in [2.24, 2.45) is 0 Å². The van der Waals surface area contributed by atoms with Crippen LogP contribution < -0.4 is 4.72 Å². The highest BCUT2D eigenvalue weighted by atomic mass is 32.2. The molecule has 0 saturated heterocycles. The van der Waals surface area contributed by atoms with Crippen molar-refractivity contribution >= 4 is 21.8 Å². The molecule has 0 radical (unpaired) electrons. The molecule has 0 spiro atoms. The van der Waals surface area contributed by atoms with E-state index >= 15 is 0 Å². The van der Waals surface area contributed by atoms with Crippen molar-refractivity contribution in [1.82, 2.24) is 15.0 Å². The van der Waals surface area contributed by atoms with Gasteiger partial charge in [-0.2, -0.15) is 13.2 Å². The summed E-state index contributed by atoms with van der Waals surface area (Å²) in [6, 6.07) is 12.7. The molecule has 228 valence electrons. The van der Waals surface area contributed by atoms with Gasteiger partial charge < -0.3 is 13.8 Å². The predicted octanol–water partition coefficient (Wildman–Crippen LogP) is 6.84. The lowest BCUT2D eigenvalue weighted by Gasteiger charge is -2.22. The van der Waals surface area contributed by atoms with Crippen LogP contribution in [0.25, 0.3) is 22.6 Å². The maximum Gasteiger partial charge on any atom is 0.417 e. The van der Waals surface area contributed by atoms with Crippen molar-refractivity contribution in [3.63, 3.8) is 0 Å². The van der Waals surface area contributed by atoms with Crippen LogP contribution in [0.1, 0.15) is 32.7 Å². The number of hydrogen-bond donors (Lipinski definition) is 1. The molecule has 1 N–H and O–H groups in total. The molecule has 9 nitrogen and oxygen atoms in total. The van der Waals surface area contributed by atoms with Crippen LogP contribution in [0, 0.1) is 19.7 Å². The van der Waals surface area contributed by atoms with Gasteiger partial charge in [0.05, 0.1) is 27.9 Å². The van der Waals surface area contributed by atoms with E-state index in [0.29, 0.717) is 27.9 Å². The molecule has 5 rings (SSSR count). The quantitative estimate of drug-likeness (QED) is 0.187. The number of nitrogens with zero attached hydrogens (tertiary/aromatic N) is 3. The molecule has 0 bridgehead atoms. The number of halogens is 4. The first-order chi connectivity index (χ1) is 20.8. The van der Waals surface area contributed by atoms with Gasteiger partial charge in [0.1, 0.15) is 12.1 Å². The average molecular weight is 629 g/mol. The van der Waals surface area contributed by atoms with E-state index in [1.54, 1.807) is 44.2 Å². The highest BCUT2D eigenvalue weighted by Crippen LogP contribution is 2.36. The molecule has 0 saturated carbocycles. The minimum atomic E-state index is -4.98. The van der Waals surface area contributed by atoms with E-state index in [0.717, 1.165) is 17.0 Å². The number of carbonyl (C=O) groups is 1. The number of rotatable bonds is 8. The van der Waals surface area contributed by atoms with E-state index < -0.39 is 39.1 Å². The van der Waals surface area contributed by atoms with Gasteiger partial charge in [0.2, 0.25) is 11.8 Å². The summed E-state index contributed by atoms with van der Waals surface area (Å²) in [4.78, 5) is 18.3. The molecule has 0 fully saturated rings. The van der Waals surface area contributed by atoms with Crippen molar-refractivity contribution in [2.45, 2.75) is 31.5 Å². The molecule has 3 aromatic carbocycles. The molecular formula is C30H24F4N4O5S. The van der Waals surface area contributed by atoms with Crippen LogP contribution in [-0.4, -0.2) is 36.4 Å². The third kappa shape index (κ3) is 6.06. The molecule has 44 heavy (non-hydrogen) atoms. The molecule has 2 aromatic heterocycles. The van der Waals surface area contributed by atoms with Crippen LogP contribution in [0.3, 0.4) is 0 Å². The fourth-order valence-corrected chi connectivity index (χ4v) is 5.84. The lowest BCUT2D eigenvalue weighted by molar-refractivity contribution is -0.138. The Labute approximate surface area is 249 Å². The van der Waals surface area contributed by atoms with Gasteiger partial charge in [-0.1, -0.05) is 29.4 Å². The van der Waals surface area contributed by atoms with E-state index in [1.165, 1.54) is 31.6 Å². The second-order valence-electron chi connectivity index (χ2n) is 9.88. The Morgan fingerprint density at radius 2 is 1.77 bits per heavy atom. The van der Waals surface area contributed by atoms with Crippen molar-refractivity contribution < 1.29 is 39.7 Å². The largest absolute Gasteiger partial charge is 0.445 e. The topological polar surface area (TPSA) is 119 Å². The van der Waals surface area contributed by atoms with Gasteiger partial charge in [-0.3, -0.25) is 4.79 Å². The maximum atomic E-state index is 13.7. The summed E-state index contributed by atoms with van der Waals surface area (Å²) in [5, 5.41) is 3.78. The van der Waals surface area contributed by atoms with Crippen LogP contribution in [0.15, 0.2) is 87.0 Å². The second kappa shape index (κ2) is 11.6. The smallest absolute Gasteiger partial charge is 0.417 e. The average Bonchev–Trinajstić information content (AvgIpc) is 3.63. The number of alkyl halides is 3. The van der Waals surface area contributed by atoms with Gasteiger partial charge in [0, 0.05) is 30.3 Å². The normalized spacial score (nSPS) is 11.9. The first kappa shape index (κ1) is 30.5. The van der Waals surface area contributed by atoms with E-state index in [9.17, 15) is 30.8 Å². The number of benzene rings is 3. The number of anilines is 1. The molecule has 0 aliphatic rings. The number of carbonyl (C=O) groups excluding carboxylic acids is 1. The Balaban J connectivity index is 1.59. The fourth-order valence-electron chi connectivity index (χ4n) is 4.57. The van der Waals surface area contributed by atoms with E-state index in [-0.39, 0.29) is 34.8 Å². The van der Waals surface area contributed by atoms with Gasteiger partial charge in [0.25, 0.3) is 15.9 Å². The summed E-state index contributed by atoms with van der Waals surface area (Å²) >= 11 is 0. The van der Waals surface area contributed by atoms with Gasteiger partial charge in [-0.05, 0) is 61.4 Å². The molecule has 0 atom stereocenters. The molecule has 0 aliphatic heterocycles. The van der Waals surface area contributed by atoms with Crippen LogP contribution in [0.2, 0.25) is 0 Å². The van der Waals surface area contributed by atoms with Gasteiger partial charge in [-0.15, -0.1) is 0 Å². The summed E-state index contributed by atoms with van der Waals surface area (Å²) in [6.45, 7) is 3.04. The Hall–Kier alpha value is -4.98. The van der Waals surface area contributed by atoms with Crippen LogP contribution in [0.4, 0.5) is 23.4 Å². The minimum Gasteiger partial charge on any atom is -0.445 e. The highest BCUT2D eigenvalue weighted by Gasteiger charge is 2.36. The minimum absolute atomic E-state index is 0.0538. The molecule has 2 heterocycles. The Morgan fingerprint density at radius 3 is 2.43 bits per heavy atom. The molecule has 5 aromatic rings. The first-order valence-corrected chi connectivity index (χ1v) is 14.4. The van der Waals surface area contributed by atoms with E-state index in [2.05, 4.69) is 14.9 Å². The van der Waals surface area contributed by atoms with Gasteiger partial charge in [-0.25, -0.2) is 22.5 Å². The number of oxazole rings is 1. The van der Waals surface area contributed by atoms with Crippen molar-refractivity contribution in [3.05, 3.63) is 107 Å². The molecule has 1 amide bonds. The molecule has 14 heteroatoms. The summed E-state index contributed by atoms with van der Waals surface area (Å²) < 4.78 is 94.8. The van der Waals surface area contributed by atoms with E-state index in [4.69, 9.17) is 8.94 Å². The third-order valence-electron chi connectivity index (χ3n) is 6.91. The molecule has 0 aliphatic carbocycles. The van der Waals surface area contributed by atoms with Crippen molar-refractivity contribution in [3.8, 4) is 22.6 Å². The Morgan fingerprint density at radius 1 is 1.02 bits per heavy atom. The number of nitrogens with one attached hydrogen (secondary N) is 1. The summed E-state index contributed by atoms with van der Waals surface area (Å²) in [5.74, 6) is -1.99. The zero-order valence-corrected chi connectivity index (χ0v) is 24.3. The van der Waals surface area contributed by atoms with Crippen molar-refractivity contribution in [1.29, 1.82) is 0 Å². The summed E-state index contributed by atoms with van der Waals surface area (Å²) in [7, 11) is -2.96. The monoisotopic (exact) mass is 628 g/mol. The standard InChI is InChI=1S/C30H24F4N4O5S/c1-17-18(2)36-43-27(17)37-44(40,41)26-7-5-4-6-23(26)22-10-8-19(28-35-12-13-42-28)14-20(22)16-38(3)29(39)24-11-9-21(31)15-25(24)30(32,33)34/h4-15,37H,16H2,1-3H3. The third-order valence-corrected chi connectivity index (χ3v) is 8.30. The first-order valence-electron chi connectivity index (χ1n) is 13.0. The predicted molar refractivity (Wildman–Crippen MR) is 151 cm³/mol. The number of hydrogen-bond acceptors (Lipinski definition) is 7. The zero-order chi connectivity index (χ0) is 31.8. The summed E-state index contributed by atoms with van der Waals surface area (Å²) in [6.07, 6.45) is -2.20. The maximum absolute atomic E-state index is 13.7. The number of sulfonamides is 1. The Bertz CT molecular complexity index is 1950. The number of aryl methyl sites for hydroxylation is 1. The lowest BCUT2D eigenvalue weighted by Crippen LogP contribution is -2.29. The zero-order valence-electron chi connectivity index (χ0n) is 23.4. The van der Waals surface area contributed by atoms with Crippen LogP contribution in [0.5, 0.6) is 0 Å². The van der Waals surface area contributed by atoms with Gasteiger partial charge in [0.15, 0.2) is 0 Å². The highest BCUT2D eigenvalue weighted by molar-refractivity contribution is 7.92. The fraction of sp³-hybridized carbons (Fsp3) is 0.167. The van der Waals surface area contributed by atoms with E-state index in [1.807, 2.05) is 0 Å². The van der Waals surface area contributed by atoms with Crippen LogP contribution in [-0.2, 0) is 22.7 Å². The van der Waals surface area contributed by atoms with Gasteiger partial charge >= 0.3 is 6.18 Å². The molecular weight excluding hydrogens is 604 g/mol.